The Morgan fingerprint density at radius 2 is 2.03 bits per heavy atom. The molecular formula is C22H18BrN5O2. The zero-order valence-corrected chi connectivity index (χ0v) is 17.4. The number of H-pyrrole nitrogens is 2. The normalized spacial score (nSPS) is 11.9. The van der Waals surface area contributed by atoms with Gasteiger partial charge >= 0.3 is 0 Å². The minimum absolute atomic E-state index is 0.0961. The third kappa shape index (κ3) is 3.99. The van der Waals surface area contributed by atoms with Gasteiger partial charge in [0.15, 0.2) is 5.69 Å². The van der Waals surface area contributed by atoms with Crippen LogP contribution in [0.4, 0.5) is 11.4 Å². The predicted octanol–water partition coefficient (Wildman–Crippen LogP) is 4.25. The SMILES string of the molecule is [C-]#[N+]c1cc(Br)c2nc(-c3c(N[C@H](CO)Cc4ccccc4)cc[nH]c3=O)[nH]c2c1. The van der Waals surface area contributed by atoms with Gasteiger partial charge in [-0.2, -0.15) is 0 Å². The molecule has 2 aromatic carbocycles. The Hall–Kier alpha value is -3.41. The molecule has 2 heterocycles. The van der Waals surface area contributed by atoms with Gasteiger partial charge in [-0.1, -0.05) is 30.3 Å². The van der Waals surface area contributed by atoms with E-state index in [1.807, 2.05) is 30.3 Å². The largest absolute Gasteiger partial charge is 0.394 e. The lowest BCUT2D eigenvalue weighted by Gasteiger charge is -2.19. The fourth-order valence-corrected chi connectivity index (χ4v) is 3.89. The second-order valence-electron chi connectivity index (χ2n) is 6.83. The van der Waals surface area contributed by atoms with Gasteiger partial charge in [0, 0.05) is 10.7 Å². The highest BCUT2D eigenvalue weighted by Crippen LogP contribution is 2.31. The van der Waals surface area contributed by atoms with E-state index in [0.29, 0.717) is 44.7 Å². The van der Waals surface area contributed by atoms with Gasteiger partial charge in [-0.25, -0.2) is 9.83 Å². The Balaban J connectivity index is 1.73. The number of imidazole rings is 1. The summed E-state index contributed by atoms with van der Waals surface area (Å²) in [4.78, 5) is 26.5. The molecule has 0 saturated carbocycles. The Morgan fingerprint density at radius 1 is 1.23 bits per heavy atom. The van der Waals surface area contributed by atoms with Crippen molar-refractivity contribution in [1.82, 2.24) is 15.0 Å². The molecule has 0 aliphatic rings. The van der Waals surface area contributed by atoms with Crippen LogP contribution in [0.15, 0.2) is 64.0 Å². The van der Waals surface area contributed by atoms with Crippen LogP contribution in [-0.2, 0) is 6.42 Å². The van der Waals surface area contributed by atoms with E-state index in [2.05, 4.69) is 41.0 Å². The number of hydrogen-bond acceptors (Lipinski definition) is 4. The third-order valence-electron chi connectivity index (χ3n) is 4.76. The van der Waals surface area contributed by atoms with Crippen molar-refractivity contribution < 1.29 is 5.11 Å². The number of pyridine rings is 1. The molecule has 0 spiro atoms. The number of aliphatic hydroxyl groups is 1. The molecule has 1 atom stereocenters. The van der Waals surface area contributed by atoms with Crippen molar-refractivity contribution in [2.24, 2.45) is 0 Å². The number of benzene rings is 2. The van der Waals surface area contributed by atoms with Gasteiger partial charge in [0.2, 0.25) is 0 Å². The van der Waals surface area contributed by atoms with E-state index in [-0.39, 0.29) is 18.2 Å². The first-order valence-corrected chi connectivity index (χ1v) is 10.1. The monoisotopic (exact) mass is 463 g/mol. The van der Waals surface area contributed by atoms with Crippen molar-refractivity contribution in [1.29, 1.82) is 0 Å². The number of anilines is 1. The molecule has 0 fully saturated rings. The fraction of sp³-hybridized carbons (Fsp3) is 0.136. The molecular weight excluding hydrogens is 446 g/mol. The number of rotatable bonds is 6. The standard InChI is InChI=1S/C22H18BrN5O2/c1-24-14-10-16(23)20-18(11-14)27-21(28-20)19-17(7-8-25-22(19)30)26-15(12-29)9-13-5-3-2-4-6-13/h2-8,10-11,15,29H,9,12H2,(H,27,28)(H2,25,26,30)/t15-/m0/s1. The molecule has 0 amide bonds. The smallest absolute Gasteiger partial charge is 0.261 e. The average Bonchev–Trinajstić information content (AvgIpc) is 3.18. The van der Waals surface area contributed by atoms with Crippen LogP contribution in [0.5, 0.6) is 0 Å². The number of halogens is 1. The molecule has 0 aliphatic heterocycles. The van der Waals surface area contributed by atoms with Crippen molar-refractivity contribution in [3.63, 3.8) is 0 Å². The molecule has 0 radical (unpaired) electrons. The summed E-state index contributed by atoms with van der Waals surface area (Å²) in [6.45, 7) is 7.13. The van der Waals surface area contributed by atoms with Crippen molar-refractivity contribution in [3.8, 4) is 11.4 Å². The van der Waals surface area contributed by atoms with Crippen LogP contribution in [0, 0.1) is 6.57 Å². The number of aromatic nitrogens is 3. The molecule has 4 aromatic rings. The Kier molecular flexibility index (Phi) is 5.65. The molecule has 0 bridgehead atoms. The molecule has 2 aromatic heterocycles. The zero-order chi connectivity index (χ0) is 21.1. The fourth-order valence-electron chi connectivity index (χ4n) is 3.36. The third-order valence-corrected chi connectivity index (χ3v) is 5.36. The summed E-state index contributed by atoms with van der Waals surface area (Å²) in [6.07, 6.45) is 2.16. The van der Waals surface area contributed by atoms with Crippen LogP contribution >= 0.6 is 15.9 Å². The van der Waals surface area contributed by atoms with Crippen LogP contribution in [0.3, 0.4) is 0 Å². The minimum atomic E-state index is -0.308. The highest BCUT2D eigenvalue weighted by molar-refractivity contribution is 9.10. The van der Waals surface area contributed by atoms with E-state index in [1.165, 1.54) is 0 Å². The number of aromatic amines is 2. The van der Waals surface area contributed by atoms with E-state index in [0.717, 1.165) is 5.56 Å². The molecule has 7 nitrogen and oxygen atoms in total. The predicted molar refractivity (Wildman–Crippen MR) is 121 cm³/mol. The maximum Gasteiger partial charge on any atom is 0.261 e. The van der Waals surface area contributed by atoms with E-state index in [4.69, 9.17) is 6.57 Å². The van der Waals surface area contributed by atoms with Gasteiger partial charge in [0.25, 0.3) is 5.56 Å². The first kappa shape index (κ1) is 19.9. The summed E-state index contributed by atoms with van der Waals surface area (Å²) in [7, 11) is 0. The molecule has 0 saturated heterocycles. The van der Waals surface area contributed by atoms with E-state index in [9.17, 15) is 9.90 Å². The van der Waals surface area contributed by atoms with Crippen LogP contribution in [0.1, 0.15) is 5.56 Å². The van der Waals surface area contributed by atoms with E-state index >= 15 is 0 Å². The van der Waals surface area contributed by atoms with Crippen molar-refractivity contribution in [3.05, 3.63) is 86.5 Å². The Morgan fingerprint density at radius 3 is 2.77 bits per heavy atom. The van der Waals surface area contributed by atoms with Gasteiger partial charge in [0.1, 0.15) is 16.9 Å². The minimum Gasteiger partial charge on any atom is -0.394 e. The van der Waals surface area contributed by atoms with Gasteiger partial charge in [-0.05, 0) is 46.1 Å². The molecule has 0 aliphatic carbocycles. The summed E-state index contributed by atoms with van der Waals surface area (Å²) >= 11 is 3.44. The van der Waals surface area contributed by atoms with Crippen LogP contribution in [-0.4, -0.2) is 32.7 Å². The zero-order valence-electron chi connectivity index (χ0n) is 15.8. The Bertz CT molecular complexity index is 1290. The maximum atomic E-state index is 12.7. The molecule has 30 heavy (non-hydrogen) atoms. The number of fused-ring (bicyclic) bond motifs is 1. The molecule has 150 valence electrons. The highest BCUT2D eigenvalue weighted by Gasteiger charge is 2.18. The second-order valence-corrected chi connectivity index (χ2v) is 7.68. The molecule has 8 heteroatoms. The van der Waals surface area contributed by atoms with Crippen molar-refractivity contribution >= 4 is 38.3 Å². The maximum absolute atomic E-state index is 12.7. The summed E-state index contributed by atoms with van der Waals surface area (Å²) in [6, 6.07) is 14.7. The summed E-state index contributed by atoms with van der Waals surface area (Å²) < 4.78 is 0.674. The number of aliphatic hydroxyl groups excluding tert-OH is 1. The van der Waals surface area contributed by atoms with E-state index in [1.54, 1.807) is 24.4 Å². The second kappa shape index (κ2) is 8.53. The summed E-state index contributed by atoms with van der Waals surface area (Å²) in [5.41, 5.74) is 3.43. The van der Waals surface area contributed by atoms with Gasteiger partial charge in [-0.15, -0.1) is 0 Å². The van der Waals surface area contributed by atoms with Gasteiger partial charge < -0.3 is 20.4 Å². The lowest BCUT2D eigenvalue weighted by Crippen LogP contribution is -2.28. The van der Waals surface area contributed by atoms with E-state index < -0.39 is 0 Å². The Labute approximate surface area is 180 Å². The summed E-state index contributed by atoms with van der Waals surface area (Å²) in [5.74, 6) is 0.383. The van der Waals surface area contributed by atoms with Crippen LogP contribution < -0.4 is 10.9 Å². The van der Waals surface area contributed by atoms with Gasteiger partial charge in [0.05, 0.1) is 30.4 Å². The number of hydrogen-bond donors (Lipinski definition) is 4. The van der Waals surface area contributed by atoms with Crippen molar-refractivity contribution in [2.45, 2.75) is 12.5 Å². The van der Waals surface area contributed by atoms with Gasteiger partial charge in [-0.3, -0.25) is 4.79 Å². The number of nitrogens with one attached hydrogen (secondary N) is 3. The lowest BCUT2D eigenvalue weighted by molar-refractivity contribution is 0.274. The topological polar surface area (TPSA) is 98.2 Å². The lowest BCUT2D eigenvalue weighted by atomic mass is 10.1. The quantitative estimate of drug-likeness (QED) is 0.321. The summed E-state index contributed by atoms with van der Waals surface area (Å²) in [5, 5.41) is 13.2. The van der Waals surface area contributed by atoms with Crippen LogP contribution in [0.2, 0.25) is 0 Å². The molecule has 4 N–H and O–H groups in total. The van der Waals surface area contributed by atoms with Crippen molar-refractivity contribution in [2.75, 3.05) is 11.9 Å². The van der Waals surface area contributed by atoms with Crippen LogP contribution in [0.25, 0.3) is 27.3 Å². The highest BCUT2D eigenvalue weighted by atomic mass is 79.9. The average molecular weight is 464 g/mol. The first-order chi connectivity index (χ1) is 14.6. The molecule has 4 rings (SSSR count). The molecule has 0 unspecified atom stereocenters. The number of nitrogens with zero attached hydrogens (tertiary/aromatic N) is 2. The first-order valence-electron chi connectivity index (χ1n) is 9.29.